The van der Waals surface area contributed by atoms with Gasteiger partial charge in [-0.1, -0.05) is 43.5 Å². The third-order valence-electron chi connectivity index (χ3n) is 8.08. The molecule has 0 radical (unpaired) electrons. The van der Waals surface area contributed by atoms with E-state index in [0.717, 1.165) is 62.9 Å². The Hall–Kier alpha value is -2.67. The Morgan fingerprint density at radius 1 is 1.09 bits per heavy atom. The van der Waals surface area contributed by atoms with Crippen molar-refractivity contribution in [3.05, 3.63) is 41.3 Å². The number of carbonyl (C=O) groups excluding carboxylic acids is 2. The number of hydrogen-bond acceptors (Lipinski definition) is 4. The first-order chi connectivity index (χ1) is 16.6. The van der Waals surface area contributed by atoms with E-state index in [9.17, 15) is 9.59 Å². The molecular formula is C27H37N5O2. The lowest BCUT2D eigenvalue weighted by Crippen LogP contribution is -2.55. The lowest BCUT2D eigenvalue weighted by atomic mass is 9.83. The topological polar surface area (TPSA) is 90.1 Å². The molecule has 2 aromatic rings. The molecule has 1 aromatic carbocycles. The molecule has 7 heteroatoms. The number of likely N-dealkylation sites (tertiary alicyclic amines) is 1. The third-order valence-corrected chi connectivity index (χ3v) is 8.08. The zero-order valence-electron chi connectivity index (χ0n) is 20.4. The van der Waals surface area contributed by atoms with Crippen molar-refractivity contribution in [3.8, 4) is 11.3 Å². The highest BCUT2D eigenvalue weighted by Crippen LogP contribution is 2.38. The first-order valence-corrected chi connectivity index (χ1v) is 13.0. The van der Waals surface area contributed by atoms with Gasteiger partial charge in [0.25, 0.3) is 0 Å². The molecule has 2 amide bonds. The number of aromatic nitrogens is 2. The predicted octanol–water partition coefficient (Wildman–Crippen LogP) is 3.51. The molecule has 182 valence electrons. The maximum Gasteiger partial charge on any atom is 0.246 e. The quantitative estimate of drug-likeness (QED) is 0.612. The number of likely N-dealkylation sites (N-methyl/N-ethyl adjacent to an activating group) is 1. The van der Waals surface area contributed by atoms with Gasteiger partial charge >= 0.3 is 0 Å². The highest BCUT2D eigenvalue weighted by Gasteiger charge is 2.40. The van der Waals surface area contributed by atoms with Gasteiger partial charge in [-0.3, -0.25) is 9.59 Å². The maximum atomic E-state index is 14.0. The molecule has 1 unspecified atom stereocenters. The highest BCUT2D eigenvalue weighted by molar-refractivity contribution is 5.90. The van der Waals surface area contributed by atoms with Crippen LogP contribution in [0.3, 0.4) is 0 Å². The number of amides is 2. The minimum Gasteiger partial charge on any atom is -0.344 e. The summed E-state index contributed by atoms with van der Waals surface area (Å²) in [6.45, 7) is 2.55. The van der Waals surface area contributed by atoms with Crippen molar-refractivity contribution in [1.29, 1.82) is 0 Å². The van der Waals surface area contributed by atoms with Crippen LogP contribution in [0, 0.1) is 5.92 Å². The first kappa shape index (κ1) is 23.1. The van der Waals surface area contributed by atoms with Gasteiger partial charge in [-0.25, -0.2) is 4.98 Å². The van der Waals surface area contributed by atoms with Gasteiger partial charge < -0.3 is 20.5 Å². The molecule has 3 atom stereocenters. The Morgan fingerprint density at radius 3 is 2.68 bits per heavy atom. The fourth-order valence-electron chi connectivity index (χ4n) is 5.97. The van der Waals surface area contributed by atoms with E-state index in [0.29, 0.717) is 6.54 Å². The zero-order chi connectivity index (χ0) is 23.7. The number of benzene rings is 1. The SMILES string of the molecule is CN[C@@H](C)C(=O)N[C@H](C(=O)N1CCCC1c1nc2c([nH]1)CCc1ccccc1-2)C1CCCCC1. The van der Waals surface area contributed by atoms with Crippen LogP contribution < -0.4 is 10.6 Å². The number of carbonyl (C=O) groups is 2. The van der Waals surface area contributed by atoms with E-state index in [1.165, 1.54) is 23.2 Å². The van der Waals surface area contributed by atoms with Gasteiger partial charge in [-0.15, -0.1) is 0 Å². The molecule has 0 bridgehead atoms. The van der Waals surface area contributed by atoms with Gasteiger partial charge in [0.05, 0.1) is 17.8 Å². The van der Waals surface area contributed by atoms with E-state index in [2.05, 4.69) is 39.9 Å². The smallest absolute Gasteiger partial charge is 0.246 e. The highest BCUT2D eigenvalue weighted by atomic mass is 16.2. The molecule has 7 nitrogen and oxygen atoms in total. The molecule has 2 fully saturated rings. The summed E-state index contributed by atoms with van der Waals surface area (Å²) in [7, 11) is 1.77. The summed E-state index contributed by atoms with van der Waals surface area (Å²) in [5.41, 5.74) is 4.76. The summed E-state index contributed by atoms with van der Waals surface area (Å²) in [6.07, 6.45) is 9.27. The summed E-state index contributed by atoms with van der Waals surface area (Å²) in [5.74, 6) is 1.05. The molecule has 2 heterocycles. The molecule has 1 saturated heterocycles. The zero-order valence-corrected chi connectivity index (χ0v) is 20.4. The number of nitrogens with zero attached hydrogens (tertiary/aromatic N) is 2. The summed E-state index contributed by atoms with van der Waals surface area (Å²) in [4.78, 5) is 37.4. The molecule has 2 aliphatic carbocycles. The average molecular weight is 464 g/mol. The van der Waals surface area contributed by atoms with Crippen LogP contribution in [0.25, 0.3) is 11.3 Å². The number of nitrogens with one attached hydrogen (secondary N) is 3. The second kappa shape index (κ2) is 9.90. The largest absolute Gasteiger partial charge is 0.344 e. The fourth-order valence-corrected chi connectivity index (χ4v) is 5.97. The number of fused-ring (bicyclic) bond motifs is 3. The number of aryl methyl sites for hydroxylation is 2. The fraction of sp³-hybridized carbons (Fsp3) is 0.593. The molecule has 5 rings (SSSR count). The van der Waals surface area contributed by atoms with E-state index in [1.54, 1.807) is 7.05 Å². The van der Waals surface area contributed by atoms with Crippen molar-refractivity contribution >= 4 is 11.8 Å². The number of H-pyrrole nitrogens is 1. The Morgan fingerprint density at radius 2 is 1.88 bits per heavy atom. The maximum absolute atomic E-state index is 14.0. The molecule has 3 aliphatic rings. The van der Waals surface area contributed by atoms with Crippen LogP contribution >= 0.6 is 0 Å². The third kappa shape index (κ3) is 4.38. The normalized spacial score (nSPS) is 22.1. The number of imidazole rings is 1. The van der Waals surface area contributed by atoms with Gasteiger partial charge in [0.15, 0.2) is 0 Å². The minimum atomic E-state index is -0.463. The van der Waals surface area contributed by atoms with Gasteiger partial charge in [-0.05, 0) is 64.0 Å². The Kier molecular flexibility index (Phi) is 6.73. The van der Waals surface area contributed by atoms with E-state index in [4.69, 9.17) is 4.98 Å². The van der Waals surface area contributed by atoms with Crippen LogP contribution in [0.1, 0.15) is 75.0 Å². The second-order valence-corrected chi connectivity index (χ2v) is 10.2. The average Bonchev–Trinajstić information content (AvgIpc) is 3.54. The Labute approximate surface area is 202 Å². The van der Waals surface area contributed by atoms with Gasteiger partial charge in [-0.2, -0.15) is 0 Å². The molecule has 1 saturated carbocycles. The predicted molar refractivity (Wildman–Crippen MR) is 132 cm³/mol. The molecule has 0 spiro atoms. The van der Waals surface area contributed by atoms with E-state index in [-0.39, 0.29) is 29.8 Å². The van der Waals surface area contributed by atoms with Gasteiger partial charge in [0.2, 0.25) is 11.8 Å². The van der Waals surface area contributed by atoms with Crippen LogP contribution in [-0.2, 0) is 22.4 Å². The Bertz CT molecular complexity index is 1040. The van der Waals surface area contributed by atoms with E-state index >= 15 is 0 Å². The van der Waals surface area contributed by atoms with Crippen molar-refractivity contribution in [1.82, 2.24) is 25.5 Å². The molecular weight excluding hydrogens is 426 g/mol. The summed E-state index contributed by atoms with van der Waals surface area (Å²) >= 11 is 0. The minimum absolute atomic E-state index is 0.0563. The Balaban J connectivity index is 1.40. The van der Waals surface area contributed by atoms with Gasteiger partial charge in [0.1, 0.15) is 11.9 Å². The first-order valence-electron chi connectivity index (χ1n) is 13.0. The van der Waals surface area contributed by atoms with Crippen molar-refractivity contribution in [2.24, 2.45) is 5.92 Å². The van der Waals surface area contributed by atoms with Crippen molar-refractivity contribution in [2.45, 2.75) is 82.8 Å². The lowest BCUT2D eigenvalue weighted by Gasteiger charge is -2.35. The van der Waals surface area contributed by atoms with Gasteiger partial charge in [0, 0.05) is 17.8 Å². The van der Waals surface area contributed by atoms with Crippen LogP contribution in [0.5, 0.6) is 0 Å². The molecule has 3 N–H and O–H groups in total. The number of hydrogen-bond donors (Lipinski definition) is 3. The standard InChI is InChI=1S/C27H37N5O2/c1-17(28-2)26(33)31-23(19-10-4-3-5-11-19)27(34)32-16-8-13-22(32)25-29-21-15-14-18-9-6-7-12-20(18)24(21)30-25/h6-7,9,12,17,19,22-23,28H,3-5,8,10-11,13-16H2,1-2H3,(H,29,30)(H,31,33)/t17-,22?,23-/m0/s1. The molecule has 1 aliphatic heterocycles. The molecule has 34 heavy (non-hydrogen) atoms. The van der Waals surface area contributed by atoms with Crippen LogP contribution in [0.2, 0.25) is 0 Å². The summed E-state index contributed by atoms with van der Waals surface area (Å²) in [5, 5.41) is 6.12. The lowest BCUT2D eigenvalue weighted by molar-refractivity contribution is -0.139. The van der Waals surface area contributed by atoms with E-state index < -0.39 is 6.04 Å². The van der Waals surface area contributed by atoms with Crippen LogP contribution in [0.15, 0.2) is 24.3 Å². The van der Waals surface area contributed by atoms with Crippen LogP contribution in [0.4, 0.5) is 0 Å². The summed E-state index contributed by atoms with van der Waals surface area (Å²) < 4.78 is 0. The van der Waals surface area contributed by atoms with Crippen molar-refractivity contribution in [3.63, 3.8) is 0 Å². The number of rotatable bonds is 6. The number of aromatic amines is 1. The van der Waals surface area contributed by atoms with Crippen molar-refractivity contribution in [2.75, 3.05) is 13.6 Å². The van der Waals surface area contributed by atoms with E-state index in [1.807, 2.05) is 11.8 Å². The van der Waals surface area contributed by atoms with Crippen LogP contribution in [-0.4, -0.2) is 52.4 Å². The second-order valence-electron chi connectivity index (χ2n) is 10.2. The molecule has 1 aromatic heterocycles. The summed E-state index contributed by atoms with van der Waals surface area (Å²) in [6, 6.07) is 7.63. The van der Waals surface area contributed by atoms with Crippen molar-refractivity contribution < 1.29 is 9.59 Å². The monoisotopic (exact) mass is 463 g/mol.